The van der Waals surface area contributed by atoms with Gasteiger partial charge in [0.05, 0.1) is 17.0 Å². The highest BCUT2D eigenvalue weighted by Gasteiger charge is 2.24. The van der Waals surface area contributed by atoms with Crippen LogP contribution in [0.5, 0.6) is 0 Å². The quantitative estimate of drug-likeness (QED) is 0.574. The first-order valence-electron chi connectivity index (χ1n) is 9.00. The van der Waals surface area contributed by atoms with Gasteiger partial charge in [0.1, 0.15) is 5.01 Å². The fourth-order valence-corrected chi connectivity index (χ4v) is 5.89. The summed E-state index contributed by atoms with van der Waals surface area (Å²) in [6, 6.07) is 8.67. The Balaban J connectivity index is 1.65. The number of aromatic nitrogens is 1. The molecule has 2 heterocycles. The third-order valence-corrected chi connectivity index (χ3v) is 7.32. The highest BCUT2D eigenvalue weighted by Crippen LogP contribution is 2.25. The van der Waals surface area contributed by atoms with Crippen molar-refractivity contribution in [3.63, 3.8) is 0 Å². The third kappa shape index (κ3) is 5.96. The molecule has 154 valence electrons. The summed E-state index contributed by atoms with van der Waals surface area (Å²) >= 11 is 3.11. The minimum absolute atomic E-state index is 0.127. The molecule has 0 bridgehead atoms. The summed E-state index contributed by atoms with van der Waals surface area (Å²) < 4.78 is 28.0. The lowest BCUT2D eigenvalue weighted by atomic mass is 10.1. The van der Waals surface area contributed by atoms with E-state index in [9.17, 15) is 13.2 Å². The summed E-state index contributed by atoms with van der Waals surface area (Å²) in [5.41, 5.74) is 1.69. The maximum atomic E-state index is 12.7. The molecule has 0 radical (unpaired) electrons. The number of carbonyl (C=O) groups excluding carboxylic acids is 1. The Bertz CT molecular complexity index is 1080. The van der Waals surface area contributed by atoms with Crippen LogP contribution in [0.1, 0.15) is 32.0 Å². The minimum Gasteiger partial charge on any atom is -0.352 e. The largest absolute Gasteiger partial charge is 0.352 e. The Morgan fingerprint density at radius 1 is 1.14 bits per heavy atom. The smallest absolute Gasteiger partial charge is 0.241 e. The van der Waals surface area contributed by atoms with Crippen LogP contribution in [0.2, 0.25) is 0 Å². The number of hydrogen-bond donors (Lipinski definition) is 2. The van der Waals surface area contributed by atoms with Crippen molar-refractivity contribution < 1.29 is 13.2 Å². The lowest BCUT2D eigenvalue weighted by Gasteiger charge is -2.21. The van der Waals surface area contributed by atoms with Gasteiger partial charge in [-0.3, -0.25) is 4.79 Å². The number of rotatable bonds is 7. The predicted octanol–water partition coefficient (Wildman–Crippen LogP) is 3.81. The Morgan fingerprint density at radius 3 is 2.59 bits per heavy atom. The highest BCUT2D eigenvalue weighted by atomic mass is 32.2. The van der Waals surface area contributed by atoms with E-state index in [-0.39, 0.29) is 23.8 Å². The van der Waals surface area contributed by atoms with E-state index in [1.165, 1.54) is 11.3 Å². The van der Waals surface area contributed by atoms with E-state index in [2.05, 4.69) is 15.0 Å². The zero-order valence-corrected chi connectivity index (χ0v) is 18.9. The Hall–Kier alpha value is -2.07. The first kappa shape index (κ1) is 21.6. The van der Waals surface area contributed by atoms with Gasteiger partial charge in [-0.25, -0.2) is 18.1 Å². The van der Waals surface area contributed by atoms with Crippen molar-refractivity contribution in [1.82, 2.24) is 15.0 Å². The van der Waals surface area contributed by atoms with Crippen LogP contribution in [-0.2, 0) is 27.8 Å². The molecular formula is C20H23N3O3S3. The molecule has 0 aliphatic heterocycles. The molecule has 6 nitrogen and oxygen atoms in total. The zero-order valence-electron chi connectivity index (χ0n) is 16.4. The fraction of sp³-hybridized carbons (Fsp3) is 0.300. The van der Waals surface area contributed by atoms with Crippen molar-refractivity contribution >= 4 is 38.6 Å². The highest BCUT2D eigenvalue weighted by molar-refractivity contribution is 7.89. The monoisotopic (exact) mass is 449 g/mol. The second kappa shape index (κ2) is 8.74. The Morgan fingerprint density at radius 2 is 1.90 bits per heavy atom. The van der Waals surface area contributed by atoms with E-state index in [0.29, 0.717) is 11.3 Å². The zero-order chi connectivity index (χ0) is 21.1. The molecule has 2 aromatic heterocycles. The molecule has 0 unspecified atom stereocenters. The fourth-order valence-electron chi connectivity index (χ4n) is 2.70. The van der Waals surface area contributed by atoms with Gasteiger partial charge in [-0.05, 0) is 43.8 Å². The first-order valence-corrected chi connectivity index (χ1v) is 12.3. The van der Waals surface area contributed by atoms with Crippen LogP contribution in [0.25, 0.3) is 10.6 Å². The number of hydrogen-bond acceptors (Lipinski definition) is 6. The maximum Gasteiger partial charge on any atom is 0.241 e. The van der Waals surface area contributed by atoms with E-state index in [0.717, 1.165) is 10.6 Å². The molecule has 0 spiro atoms. The summed E-state index contributed by atoms with van der Waals surface area (Å²) in [5.74, 6) is -0.205. The van der Waals surface area contributed by atoms with E-state index in [1.807, 2.05) is 22.2 Å². The molecule has 1 amide bonds. The Labute approximate surface area is 179 Å². The average Bonchev–Trinajstić information content (AvgIpc) is 3.29. The van der Waals surface area contributed by atoms with Gasteiger partial charge < -0.3 is 5.32 Å². The lowest BCUT2D eigenvalue weighted by Crippen LogP contribution is -2.41. The molecule has 3 rings (SSSR count). The summed E-state index contributed by atoms with van der Waals surface area (Å²) in [5, 5.41) is 9.57. The number of sulfonamides is 1. The van der Waals surface area contributed by atoms with Crippen LogP contribution in [0.4, 0.5) is 0 Å². The summed E-state index contributed by atoms with van der Waals surface area (Å²) in [4.78, 5) is 17.0. The summed E-state index contributed by atoms with van der Waals surface area (Å²) in [7, 11) is -3.69. The van der Waals surface area contributed by atoms with Gasteiger partial charge in [-0.15, -0.1) is 11.3 Å². The van der Waals surface area contributed by atoms with Crippen LogP contribution < -0.4 is 10.0 Å². The molecule has 0 aliphatic carbocycles. The molecule has 0 fully saturated rings. The molecule has 0 saturated heterocycles. The van der Waals surface area contributed by atoms with Gasteiger partial charge in [0.25, 0.3) is 0 Å². The molecule has 9 heteroatoms. The van der Waals surface area contributed by atoms with Crippen molar-refractivity contribution in [3.05, 3.63) is 57.7 Å². The topological polar surface area (TPSA) is 88.2 Å². The molecule has 0 saturated carbocycles. The Kier molecular flexibility index (Phi) is 6.52. The van der Waals surface area contributed by atoms with Gasteiger partial charge >= 0.3 is 0 Å². The number of thiazole rings is 1. The van der Waals surface area contributed by atoms with Gasteiger partial charge in [0.2, 0.25) is 15.9 Å². The summed E-state index contributed by atoms with van der Waals surface area (Å²) in [6.07, 6.45) is 0.149. The van der Waals surface area contributed by atoms with Crippen molar-refractivity contribution in [2.45, 2.75) is 44.2 Å². The van der Waals surface area contributed by atoms with Crippen molar-refractivity contribution in [1.29, 1.82) is 0 Å². The van der Waals surface area contributed by atoms with E-state index in [1.54, 1.807) is 56.4 Å². The van der Waals surface area contributed by atoms with E-state index in [4.69, 9.17) is 0 Å². The molecular weight excluding hydrogens is 426 g/mol. The molecule has 1 aromatic carbocycles. The number of benzene rings is 1. The number of amides is 1. The van der Waals surface area contributed by atoms with Gasteiger partial charge in [0.15, 0.2) is 0 Å². The summed E-state index contributed by atoms with van der Waals surface area (Å²) in [6.45, 7) is 5.48. The number of carbonyl (C=O) groups is 1. The van der Waals surface area contributed by atoms with Gasteiger partial charge in [0, 0.05) is 28.4 Å². The molecule has 29 heavy (non-hydrogen) atoms. The minimum atomic E-state index is -3.69. The molecule has 2 N–H and O–H groups in total. The van der Waals surface area contributed by atoms with Crippen LogP contribution in [0.3, 0.4) is 0 Å². The first-order chi connectivity index (χ1) is 13.6. The van der Waals surface area contributed by atoms with Crippen LogP contribution in [0.15, 0.2) is 51.4 Å². The van der Waals surface area contributed by atoms with E-state index >= 15 is 0 Å². The number of nitrogens with zero attached hydrogens (tertiary/aromatic N) is 1. The average molecular weight is 450 g/mol. The van der Waals surface area contributed by atoms with Crippen LogP contribution >= 0.6 is 22.7 Å². The second-order valence-electron chi connectivity index (χ2n) is 7.57. The second-order valence-corrected chi connectivity index (χ2v) is 10.9. The normalized spacial score (nSPS) is 12.1. The van der Waals surface area contributed by atoms with Crippen molar-refractivity contribution in [2.24, 2.45) is 0 Å². The van der Waals surface area contributed by atoms with Crippen LogP contribution in [0, 0.1) is 0 Å². The molecule has 0 atom stereocenters. The van der Waals surface area contributed by atoms with Crippen LogP contribution in [-0.4, -0.2) is 24.8 Å². The van der Waals surface area contributed by atoms with Crippen molar-refractivity contribution in [2.75, 3.05) is 0 Å². The standard InChI is InChI=1S/C20H23N3O3S3/c1-20(2,3)23-29(25,26)17-7-5-4-6-14(17)11-21-18(24)10-16-13-28-19(22-16)15-8-9-27-12-15/h4-9,12-13,23H,10-11H2,1-3H3,(H,21,24). The van der Waals surface area contributed by atoms with Crippen molar-refractivity contribution in [3.8, 4) is 10.6 Å². The van der Waals surface area contributed by atoms with E-state index < -0.39 is 15.6 Å². The van der Waals surface area contributed by atoms with Gasteiger partial charge in [-0.1, -0.05) is 18.2 Å². The number of thiophene rings is 1. The predicted molar refractivity (Wildman–Crippen MR) is 117 cm³/mol. The SMILES string of the molecule is CC(C)(C)NS(=O)(=O)c1ccccc1CNC(=O)Cc1csc(-c2ccsc2)n1. The lowest BCUT2D eigenvalue weighted by molar-refractivity contribution is -0.120. The molecule has 3 aromatic rings. The molecule has 0 aliphatic rings. The number of nitrogens with one attached hydrogen (secondary N) is 2. The third-order valence-electron chi connectivity index (χ3n) is 3.84. The van der Waals surface area contributed by atoms with Gasteiger partial charge in [-0.2, -0.15) is 11.3 Å². The maximum absolute atomic E-state index is 12.7.